The molecule has 0 aromatic heterocycles. The van der Waals surface area contributed by atoms with E-state index in [1.807, 2.05) is 6.92 Å². The first-order valence-corrected chi connectivity index (χ1v) is 6.63. The van der Waals surface area contributed by atoms with Gasteiger partial charge in [0.2, 0.25) is 0 Å². The van der Waals surface area contributed by atoms with E-state index in [2.05, 4.69) is 4.90 Å². The number of fused-ring (bicyclic) bond motifs is 2. The second-order valence-corrected chi connectivity index (χ2v) is 4.98. The SMILES string of the molecule is CCOC(=O)CCN1C2CCCC1CC(=O)C2. The first kappa shape index (κ1) is 12.6. The molecular weight excluding hydrogens is 218 g/mol. The molecular formula is C13H21NO3. The van der Waals surface area contributed by atoms with Crippen molar-refractivity contribution in [1.82, 2.24) is 4.90 Å². The molecule has 0 aromatic rings. The zero-order valence-corrected chi connectivity index (χ0v) is 10.5. The number of ether oxygens (including phenoxy) is 1. The third-order valence-corrected chi connectivity index (χ3v) is 3.82. The van der Waals surface area contributed by atoms with Crippen molar-refractivity contribution >= 4 is 11.8 Å². The zero-order valence-electron chi connectivity index (χ0n) is 10.5. The van der Waals surface area contributed by atoms with Crippen LogP contribution in [0.25, 0.3) is 0 Å². The van der Waals surface area contributed by atoms with E-state index in [9.17, 15) is 9.59 Å². The van der Waals surface area contributed by atoms with Crippen molar-refractivity contribution in [2.24, 2.45) is 0 Å². The van der Waals surface area contributed by atoms with E-state index < -0.39 is 0 Å². The van der Waals surface area contributed by atoms with E-state index in [4.69, 9.17) is 4.74 Å². The molecule has 0 saturated carbocycles. The lowest BCUT2D eigenvalue weighted by atomic mass is 9.83. The summed E-state index contributed by atoms with van der Waals surface area (Å²) in [5, 5.41) is 0. The summed E-state index contributed by atoms with van der Waals surface area (Å²) < 4.78 is 4.94. The Bertz CT molecular complexity index is 287. The molecule has 96 valence electrons. The summed E-state index contributed by atoms with van der Waals surface area (Å²) in [6.45, 7) is 3.03. The topological polar surface area (TPSA) is 46.6 Å². The monoisotopic (exact) mass is 239 g/mol. The van der Waals surface area contributed by atoms with Crippen LogP contribution in [-0.2, 0) is 14.3 Å². The molecule has 4 heteroatoms. The van der Waals surface area contributed by atoms with Crippen molar-refractivity contribution in [3.05, 3.63) is 0 Å². The summed E-state index contributed by atoms with van der Waals surface area (Å²) in [6.07, 6.45) is 5.24. The molecule has 2 unspecified atom stereocenters. The van der Waals surface area contributed by atoms with Crippen LogP contribution < -0.4 is 0 Å². The van der Waals surface area contributed by atoms with Gasteiger partial charge in [0, 0.05) is 31.5 Å². The molecule has 2 heterocycles. The van der Waals surface area contributed by atoms with Gasteiger partial charge >= 0.3 is 5.97 Å². The first-order valence-electron chi connectivity index (χ1n) is 6.63. The van der Waals surface area contributed by atoms with Gasteiger partial charge in [0.1, 0.15) is 5.78 Å². The summed E-state index contributed by atoms with van der Waals surface area (Å²) in [6, 6.07) is 0.758. The van der Waals surface area contributed by atoms with Gasteiger partial charge in [-0.3, -0.25) is 14.5 Å². The molecule has 0 amide bonds. The number of piperidine rings is 2. The summed E-state index contributed by atoms with van der Waals surface area (Å²) >= 11 is 0. The van der Waals surface area contributed by atoms with E-state index in [-0.39, 0.29) is 5.97 Å². The van der Waals surface area contributed by atoms with Crippen LogP contribution in [-0.4, -0.2) is 41.9 Å². The number of nitrogens with zero attached hydrogens (tertiary/aromatic N) is 1. The van der Waals surface area contributed by atoms with Gasteiger partial charge in [0.25, 0.3) is 0 Å². The molecule has 0 aliphatic carbocycles. The van der Waals surface area contributed by atoms with Crippen LogP contribution in [0, 0.1) is 0 Å². The minimum atomic E-state index is -0.123. The molecule has 17 heavy (non-hydrogen) atoms. The number of hydrogen-bond donors (Lipinski definition) is 0. The molecule has 4 nitrogen and oxygen atoms in total. The molecule has 2 saturated heterocycles. The van der Waals surface area contributed by atoms with Crippen molar-refractivity contribution in [3.63, 3.8) is 0 Å². The summed E-state index contributed by atoms with van der Waals surface area (Å²) in [4.78, 5) is 25.3. The Morgan fingerprint density at radius 1 is 1.35 bits per heavy atom. The third kappa shape index (κ3) is 3.06. The Balaban J connectivity index is 1.87. The van der Waals surface area contributed by atoms with E-state index in [1.165, 1.54) is 6.42 Å². The van der Waals surface area contributed by atoms with Crippen LogP contribution in [0.5, 0.6) is 0 Å². The van der Waals surface area contributed by atoms with E-state index in [1.54, 1.807) is 0 Å². The van der Waals surface area contributed by atoms with Gasteiger partial charge in [-0.05, 0) is 19.8 Å². The predicted molar refractivity (Wildman–Crippen MR) is 63.6 cm³/mol. The second kappa shape index (κ2) is 5.63. The fourth-order valence-electron chi connectivity index (χ4n) is 3.09. The number of Topliss-reactive ketones (excluding diaryl/α,β-unsaturated/α-hetero) is 1. The Hall–Kier alpha value is -0.900. The van der Waals surface area contributed by atoms with Crippen LogP contribution in [0.3, 0.4) is 0 Å². The Morgan fingerprint density at radius 2 is 2.00 bits per heavy atom. The van der Waals surface area contributed by atoms with Gasteiger partial charge in [0.05, 0.1) is 13.0 Å². The lowest BCUT2D eigenvalue weighted by Gasteiger charge is -2.45. The Kier molecular flexibility index (Phi) is 4.15. The maximum Gasteiger partial charge on any atom is 0.307 e. The van der Waals surface area contributed by atoms with Gasteiger partial charge < -0.3 is 4.74 Å². The maximum atomic E-state index is 11.5. The van der Waals surface area contributed by atoms with Crippen molar-refractivity contribution in [3.8, 4) is 0 Å². The minimum absolute atomic E-state index is 0.123. The molecule has 2 atom stereocenters. The van der Waals surface area contributed by atoms with Crippen LogP contribution in [0.1, 0.15) is 45.4 Å². The van der Waals surface area contributed by atoms with Crippen molar-refractivity contribution < 1.29 is 14.3 Å². The highest BCUT2D eigenvalue weighted by Crippen LogP contribution is 2.32. The highest BCUT2D eigenvalue weighted by molar-refractivity contribution is 5.80. The Morgan fingerprint density at radius 3 is 2.59 bits per heavy atom. The molecule has 2 aliphatic heterocycles. The molecule has 0 N–H and O–H groups in total. The second-order valence-electron chi connectivity index (χ2n) is 4.98. The number of ketones is 1. The van der Waals surface area contributed by atoms with Crippen molar-refractivity contribution in [2.45, 2.75) is 57.5 Å². The number of esters is 1. The minimum Gasteiger partial charge on any atom is -0.466 e. The first-order chi connectivity index (χ1) is 8.20. The molecule has 0 aromatic carbocycles. The van der Waals surface area contributed by atoms with Gasteiger partial charge in [0.15, 0.2) is 0 Å². The van der Waals surface area contributed by atoms with E-state index in [0.29, 0.717) is 43.7 Å². The van der Waals surface area contributed by atoms with E-state index in [0.717, 1.165) is 19.4 Å². The third-order valence-electron chi connectivity index (χ3n) is 3.82. The fraction of sp³-hybridized carbons (Fsp3) is 0.846. The highest BCUT2D eigenvalue weighted by Gasteiger charge is 2.37. The molecule has 2 bridgehead atoms. The standard InChI is InChI=1S/C13H21NO3/c1-2-17-13(16)6-7-14-10-4-3-5-11(14)9-12(15)8-10/h10-11H,2-9H2,1H3. The maximum absolute atomic E-state index is 11.5. The zero-order chi connectivity index (χ0) is 12.3. The van der Waals surface area contributed by atoms with Gasteiger partial charge in [-0.1, -0.05) is 6.42 Å². The largest absolute Gasteiger partial charge is 0.466 e. The van der Waals surface area contributed by atoms with E-state index >= 15 is 0 Å². The lowest BCUT2D eigenvalue weighted by Crippen LogP contribution is -2.52. The molecule has 2 rings (SSSR count). The van der Waals surface area contributed by atoms with Gasteiger partial charge in [-0.25, -0.2) is 0 Å². The summed E-state index contributed by atoms with van der Waals surface area (Å²) in [5.41, 5.74) is 0. The normalized spacial score (nSPS) is 29.1. The number of carbonyl (C=O) groups excluding carboxylic acids is 2. The van der Waals surface area contributed by atoms with Crippen molar-refractivity contribution in [1.29, 1.82) is 0 Å². The van der Waals surface area contributed by atoms with Gasteiger partial charge in [-0.2, -0.15) is 0 Å². The van der Waals surface area contributed by atoms with Crippen LogP contribution in [0.4, 0.5) is 0 Å². The molecule has 2 fully saturated rings. The molecule has 2 aliphatic rings. The molecule has 0 radical (unpaired) electrons. The van der Waals surface area contributed by atoms with Crippen LogP contribution in [0.2, 0.25) is 0 Å². The number of rotatable bonds is 4. The highest BCUT2D eigenvalue weighted by atomic mass is 16.5. The smallest absolute Gasteiger partial charge is 0.307 e. The number of hydrogen-bond acceptors (Lipinski definition) is 4. The summed E-state index contributed by atoms with van der Waals surface area (Å²) in [7, 11) is 0. The average Bonchev–Trinajstić information content (AvgIpc) is 2.26. The predicted octanol–water partition coefficient (Wildman–Crippen LogP) is 1.53. The number of carbonyl (C=O) groups is 2. The summed E-state index contributed by atoms with van der Waals surface area (Å²) in [5.74, 6) is 0.273. The van der Waals surface area contributed by atoms with Gasteiger partial charge in [-0.15, -0.1) is 0 Å². The van der Waals surface area contributed by atoms with Crippen LogP contribution >= 0.6 is 0 Å². The average molecular weight is 239 g/mol. The molecule has 0 spiro atoms. The Labute approximate surface area is 102 Å². The quantitative estimate of drug-likeness (QED) is 0.698. The van der Waals surface area contributed by atoms with Crippen LogP contribution in [0.15, 0.2) is 0 Å². The lowest BCUT2D eigenvalue weighted by molar-refractivity contribution is -0.144. The fourth-order valence-corrected chi connectivity index (χ4v) is 3.09. The van der Waals surface area contributed by atoms with Crippen molar-refractivity contribution in [2.75, 3.05) is 13.2 Å².